The normalized spacial score (nSPS) is 18.1. The molecule has 0 atom stereocenters. The highest BCUT2D eigenvalue weighted by atomic mass is 32.1. The van der Waals surface area contributed by atoms with Crippen LogP contribution in [0.4, 0.5) is 0 Å². The van der Waals surface area contributed by atoms with Crippen LogP contribution in [0.2, 0.25) is 0 Å². The number of hydrogen-bond donors (Lipinski definition) is 0. The fraction of sp³-hybridized carbons (Fsp3) is 0.417. The van der Waals surface area contributed by atoms with Gasteiger partial charge in [0.1, 0.15) is 5.82 Å². The minimum Gasteiger partial charge on any atom is -0.292 e. The molecule has 0 amide bonds. The maximum atomic E-state index is 5.03. The Hall–Kier alpha value is -2.04. The molecule has 2 aliphatic rings. The molecule has 3 aromatic rings. The van der Waals surface area contributed by atoms with Crippen molar-refractivity contribution in [1.29, 1.82) is 0 Å². The van der Waals surface area contributed by atoms with Crippen LogP contribution in [0, 0.1) is 0 Å². The van der Waals surface area contributed by atoms with Gasteiger partial charge in [-0.05, 0) is 42.5 Å². The highest BCUT2D eigenvalue weighted by Gasteiger charge is 2.23. The zero-order chi connectivity index (χ0) is 18.8. The molecule has 3 heterocycles. The van der Waals surface area contributed by atoms with Crippen LogP contribution in [0.5, 0.6) is 0 Å². The molecule has 3 nitrogen and oxygen atoms in total. The summed E-state index contributed by atoms with van der Waals surface area (Å²) in [4.78, 5) is 15.1. The topological polar surface area (TPSA) is 29.0 Å². The molecule has 0 radical (unpaired) electrons. The Bertz CT molecular complexity index is 928. The van der Waals surface area contributed by atoms with Crippen LogP contribution in [-0.4, -0.2) is 21.4 Å². The van der Waals surface area contributed by atoms with Crippen LogP contribution in [0.25, 0.3) is 10.4 Å². The molecule has 4 heteroatoms. The Kier molecular flexibility index (Phi) is 5.24. The fourth-order valence-electron chi connectivity index (χ4n) is 4.51. The van der Waals surface area contributed by atoms with E-state index in [1.807, 2.05) is 11.3 Å². The Morgan fingerprint density at radius 3 is 2.71 bits per heavy atom. The van der Waals surface area contributed by atoms with Gasteiger partial charge in [0, 0.05) is 41.5 Å². The van der Waals surface area contributed by atoms with Crippen molar-refractivity contribution in [2.24, 2.45) is 0 Å². The first-order valence-corrected chi connectivity index (χ1v) is 11.4. The Morgan fingerprint density at radius 1 is 1.00 bits per heavy atom. The van der Waals surface area contributed by atoms with Crippen LogP contribution >= 0.6 is 11.3 Å². The maximum absolute atomic E-state index is 5.03. The predicted molar refractivity (Wildman–Crippen MR) is 115 cm³/mol. The molecular formula is C24H27N3S. The molecule has 1 saturated carbocycles. The summed E-state index contributed by atoms with van der Waals surface area (Å²) in [5, 5.41) is 0. The average Bonchev–Trinajstić information content (AvgIpc) is 3.23. The lowest BCUT2D eigenvalue weighted by atomic mass is 9.88. The van der Waals surface area contributed by atoms with Gasteiger partial charge < -0.3 is 0 Å². The minimum atomic E-state index is 0.583. The van der Waals surface area contributed by atoms with E-state index in [1.54, 1.807) is 0 Å². The molecule has 0 bridgehead atoms. The highest BCUT2D eigenvalue weighted by molar-refractivity contribution is 7.15. The van der Waals surface area contributed by atoms with Crippen molar-refractivity contribution in [3.05, 3.63) is 70.6 Å². The monoisotopic (exact) mass is 389 g/mol. The Balaban J connectivity index is 1.28. The Labute approximate surface area is 171 Å². The Morgan fingerprint density at radius 2 is 1.86 bits per heavy atom. The SMILES string of the molecule is c1ccc(-c2ccc(CN3CCc4cnc(C5CCCCC5)nc4C3)s2)cc1. The van der Waals surface area contributed by atoms with Crippen molar-refractivity contribution in [3.8, 4) is 10.4 Å². The lowest BCUT2D eigenvalue weighted by Crippen LogP contribution is -2.31. The van der Waals surface area contributed by atoms with E-state index in [4.69, 9.17) is 9.97 Å². The summed E-state index contributed by atoms with van der Waals surface area (Å²) in [6, 6.07) is 15.2. The van der Waals surface area contributed by atoms with E-state index in [0.717, 1.165) is 31.9 Å². The number of aromatic nitrogens is 2. The van der Waals surface area contributed by atoms with E-state index in [0.29, 0.717) is 5.92 Å². The van der Waals surface area contributed by atoms with Gasteiger partial charge in [-0.25, -0.2) is 9.97 Å². The van der Waals surface area contributed by atoms with Gasteiger partial charge in [0.2, 0.25) is 0 Å². The summed E-state index contributed by atoms with van der Waals surface area (Å²) >= 11 is 1.91. The first-order valence-electron chi connectivity index (χ1n) is 10.6. The molecule has 5 rings (SSSR count). The van der Waals surface area contributed by atoms with E-state index in [9.17, 15) is 0 Å². The van der Waals surface area contributed by atoms with Crippen molar-refractivity contribution in [2.75, 3.05) is 6.54 Å². The number of hydrogen-bond acceptors (Lipinski definition) is 4. The van der Waals surface area contributed by atoms with Crippen molar-refractivity contribution in [1.82, 2.24) is 14.9 Å². The molecule has 1 fully saturated rings. The van der Waals surface area contributed by atoms with Crippen molar-refractivity contribution in [2.45, 2.75) is 57.5 Å². The van der Waals surface area contributed by atoms with Gasteiger partial charge in [0.05, 0.1) is 5.69 Å². The first-order chi connectivity index (χ1) is 13.8. The number of fused-ring (bicyclic) bond motifs is 1. The molecule has 0 spiro atoms. The summed E-state index contributed by atoms with van der Waals surface area (Å²) in [6.45, 7) is 3.06. The molecule has 28 heavy (non-hydrogen) atoms. The third-order valence-corrected chi connectivity index (χ3v) is 7.23. The third kappa shape index (κ3) is 3.89. The summed E-state index contributed by atoms with van der Waals surface area (Å²) in [7, 11) is 0. The quantitative estimate of drug-likeness (QED) is 0.564. The molecule has 0 unspecified atom stereocenters. The minimum absolute atomic E-state index is 0.583. The smallest absolute Gasteiger partial charge is 0.131 e. The average molecular weight is 390 g/mol. The predicted octanol–water partition coefficient (Wildman–Crippen LogP) is 5.81. The summed E-state index contributed by atoms with van der Waals surface area (Å²) in [5.41, 5.74) is 3.93. The van der Waals surface area contributed by atoms with E-state index in [1.165, 1.54) is 58.7 Å². The second-order valence-corrected chi connectivity index (χ2v) is 9.30. The maximum Gasteiger partial charge on any atom is 0.131 e. The summed E-state index contributed by atoms with van der Waals surface area (Å²) in [6.07, 6.45) is 9.75. The summed E-state index contributed by atoms with van der Waals surface area (Å²) in [5.74, 6) is 1.68. The first kappa shape index (κ1) is 18.0. The van der Waals surface area contributed by atoms with Crippen molar-refractivity contribution < 1.29 is 0 Å². The lowest BCUT2D eigenvalue weighted by molar-refractivity contribution is 0.242. The second kappa shape index (κ2) is 8.14. The molecule has 2 aromatic heterocycles. The van der Waals surface area contributed by atoms with Crippen LogP contribution in [0.1, 0.15) is 60.0 Å². The molecule has 0 N–H and O–H groups in total. The van der Waals surface area contributed by atoms with Gasteiger partial charge in [-0.1, -0.05) is 49.6 Å². The number of rotatable bonds is 4. The fourth-order valence-corrected chi connectivity index (χ4v) is 5.56. The van der Waals surface area contributed by atoms with Crippen molar-refractivity contribution in [3.63, 3.8) is 0 Å². The number of thiophene rings is 1. The van der Waals surface area contributed by atoms with E-state index in [-0.39, 0.29) is 0 Å². The zero-order valence-corrected chi connectivity index (χ0v) is 17.1. The molecule has 0 saturated heterocycles. The van der Waals surface area contributed by atoms with Gasteiger partial charge in [-0.2, -0.15) is 0 Å². The van der Waals surface area contributed by atoms with Gasteiger partial charge in [-0.15, -0.1) is 11.3 Å². The molecular weight excluding hydrogens is 362 g/mol. The zero-order valence-electron chi connectivity index (χ0n) is 16.3. The molecule has 144 valence electrons. The van der Waals surface area contributed by atoms with Gasteiger partial charge in [-0.3, -0.25) is 4.90 Å². The number of nitrogens with zero attached hydrogens (tertiary/aromatic N) is 3. The van der Waals surface area contributed by atoms with Crippen LogP contribution in [-0.2, 0) is 19.5 Å². The molecule has 1 aromatic carbocycles. The summed E-state index contributed by atoms with van der Waals surface area (Å²) < 4.78 is 0. The largest absolute Gasteiger partial charge is 0.292 e. The van der Waals surface area contributed by atoms with Gasteiger partial charge >= 0.3 is 0 Å². The standard InChI is InChI=1S/C24H27N3S/c1-3-7-18(8-4-1)23-12-11-21(28-23)16-27-14-13-20-15-25-24(26-22(20)17-27)19-9-5-2-6-10-19/h1,3-4,7-8,11-12,15,19H,2,5-6,9-10,13-14,16-17H2. The van der Waals surface area contributed by atoms with E-state index >= 15 is 0 Å². The van der Waals surface area contributed by atoms with Crippen LogP contribution in [0.15, 0.2) is 48.7 Å². The van der Waals surface area contributed by atoms with E-state index < -0.39 is 0 Å². The van der Waals surface area contributed by atoms with Crippen LogP contribution < -0.4 is 0 Å². The highest BCUT2D eigenvalue weighted by Crippen LogP contribution is 2.32. The third-order valence-electron chi connectivity index (χ3n) is 6.11. The lowest BCUT2D eigenvalue weighted by Gasteiger charge is -2.28. The number of benzene rings is 1. The van der Waals surface area contributed by atoms with Crippen molar-refractivity contribution >= 4 is 11.3 Å². The second-order valence-electron chi connectivity index (χ2n) is 8.13. The molecule has 1 aliphatic heterocycles. The van der Waals surface area contributed by atoms with Crippen LogP contribution in [0.3, 0.4) is 0 Å². The van der Waals surface area contributed by atoms with Gasteiger partial charge in [0.15, 0.2) is 0 Å². The van der Waals surface area contributed by atoms with E-state index in [2.05, 4.69) is 53.6 Å². The van der Waals surface area contributed by atoms with Gasteiger partial charge in [0.25, 0.3) is 0 Å². The molecule has 1 aliphatic carbocycles.